The van der Waals surface area contributed by atoms with Crippen LogP contribution in [0.4, 0.5) is 5.69 Å². The third kappa shape index (κ3) is 2.16. The molecule has 4 nitrogen and oxygen atoms in total. The second-order valence-electron chi connectivity index (χ2n) is 4.64. The number of nitriles is 1. The van der Waals surface area contributed by atoms with E-state index < -0.39 is 12.0 Å². The molecule has 5 heteroatoms. The fourth-order valence-corrected chi connectivity index (χ4v) is 3.43. The van der Waals surface area contributed by atoms with Crippen molar-refractivity contribution in [2.24, 2.45) is 0 Å². The van der Waals surface area contributed by atoms with Crippen LogP contribution in [-0.4, -0.2) is 27.7 Å². The van der Waals surface area contributed by atoms with Gasteiger partial charge in [0.05, 0.1) is 16.5 Å². The van der Waals surface area contributed by atoms with E-state index in [2.05, 4.69) is 6.07 Å². The second-order valence-corrected chi connectivity index (χ2v) is 6.27. The number of rotatable bonds is 2. The summed E-state index contributed by atoms with van der Waals surface area (Å²) in [5, 5.41) is 18.2. The molecule has 0 bridgehead atoms. The van der Waals surface area contributed by atoms with Gasteiger partial charge in [0, 0.05) is 11.4 Å². The Morgan fingerprint density at radius 1 is 1.61 bits per heavy atom. The van der Waals surface area contributed by atoms with Crippen LogP contribution in [0.25, 0.3) is 0 Å². The van der Waals surface area contributed by atoms with Gasteiger partial charge in [-0.3, -0.25) is 0 Å². The van der Waals surface area contributed by atoms with Crippen LogP contribution in [0.3, 0.4) is 0 Å². The highest BCUT2D eigenvalue weighted by atomic mass is 32.2. The number of nitrogens with zero attached hydrogens (tertiary/aromatic N) is 2. The lowest BCUT2D eigenvalue weighted by Crippen LogP contribution is -2.46. The van der Waals surface area contributed by atoms with Gasteiger partial charge in [-0.2, -0.15) is 5.26 Å². The minimum atomic E-state index is -0.824. The highest BCUT2D eigenvalue weighted by molar-refractivity contribution is 8.01. The first-order valence-electron chi connectivity index (χ1n) is 5.62. The lowest BCUT2D eigenvalue weighted by Gasteiger charge is -2.35. The molecular formula is C13H14N2O2S. The van der Waals surface area contributed by atoms with Crippen molar-refractivity contribution >= 4 is 23.4 Å². The number of carboxylic acid groups (broad SMARTS) is 1. The number of anilines is 1. The van der Waals surface area contributed by atoms with Crippen molar-refractivity contribution in [3.05, 3.63) is 29.8 Å². The van der Waals surface area contributed by atoms with Crippen LogP contribution in [0.15, 0.2) is 24.3 Å². The second kappa shape index (κ2) is 4.54. The normalized spacial score (nSPS) is 21.6. The highest BCUT2D eigenvalue weighted by Gasteiger charge is 2.43. The minimum absolute atomic E-state index is 0.281. The van der Waals surface area contributed by atoms with Crippen LogP contribution in [-0.2, 0) is 4.79 Å². The lowest BCUT2D eigenvalue weighted by atomic mass is 10.1. The van der Waals surface area contributed by atoms with E-state index in [0.29, 0.717) is 11.3 Å². The zero-order valence-corrected chi connectivity index (χ0v) is 11.1. The Hall–Kier alpha value is -1.67. The van der Waals surface area contributed by atoms with Crippen LogP contribution in [0.1, 0.15) is 19.4 Å². The maximum atomic E-state index is 11.3. The topological polar surface area (TPSA) is 64.3 Å². The van der Waals surface area contributed by atoms with E-state index >= 15 is 0 Å². The van der Waals surface area contributed by atoms with E-state index in [9.17, 15) is 9.90 Å². The number of hydrogen-bond donors (Lipinski definition) is 1. The van der Waals surface area contributed by atoms with Gasteiger partial charge in [-0.25, -0.2) is 4.79 Å². The monoisotopic (exact) mass is 262 g/mol. The van der Waals surface area contributed by atoms with Gasteiger partial charge >= 0.3 is 5.97 Å². The Labute approximate surface area is 110 Å². The molecule has 1 atom stereocenters. The first-order chi connectivity index (χ1) is 8.45. The molecule has 0 spiro atoms. The Morgan fingerprint density at radius 3 is 2.94 bits per heavy atom. The van der Waals surface area contributed by atoms with Crippen molar-refractivity contribution in [3.63, 3.8) is 0 Å². The minimum Gasteiger partial charge on any atom is -0.480 e. The Bertz CT molecular complexity index is 522. The first kappa shape index (κ1) is 12.8. The van der Waals surface area contributed by atoms with Gasteiger partial charge in [0.1, 0.15) is 6.04 Å². The van der Waals surface area contributed by atoms with Crippen molar-refractivity contribution in [1.82, 2.24) is 0 Å². The van der Waals surface area contributed by atoms with Gasteiger partial charge in [0.15, 0.2) is 0 Å². The molecule has 1 saturated heterocycles. The van der Waals surface area contributed by atoms with Gasteiger partial charge in [0.2, 0.25) is 0 Å². The molecule has 1 aliphatic heterocycles. The molecule has 0 amide bonds. The molecule has 1 aromatic rings. The molecule has 0 aromatic heterocycles. The maximum Gasteiger partial charge on any atom is 0.327 e. The Kier molecular flexibility index (Phi) is 3.22. The summed E-state index contributed by atoms with van der Waals surface area (Å²) in [5.74, 6) is -0.269. The predicted molar refractivity (Wildman–Crippen MR) is 71.6 cm³/mol. The van der Waals surface area contributed by atoms with Crippen molar-refractivity contribution in [2.45, 2.75) is 24.8 Å². The third-order valence-electron chi connectivity index (χ3n) is 3.02. The number of thioether (sulfide) groups is 1. The molecule has 1 aromatic carbocycles. The molecule has 0 aliphatic carbocycles. The highest BCUT2D eigenvalue weighted by Crippen LogP contribution is 2.42. The summed E-state index contributed by atoms with van der Waals surface area (Å²) in [6.07, 6.45) is 0. The fourth-order valence-electron chi connectivity index (χ4n) is 2.20. The van der Waals surface area contributed by atoms with Gasteiger partial charge in [-0.1, -0.05) is 6.07 Å². The third-order valence-corrected chi connectivity index (χ3v) is 4.41. The zero-order chi connectivity index (χ0) is 13.3. The van der Waals surface area contributed by atoms with Crippen molar-refractivity contribution in [2.75, 3.05) is 10.7 Å². The molecular weight excluding hydrogens is 248 g/mol. The SMILES string of the molecule is CC1(C)SCC(C(=O)O)N1c1cccc(C#N)c1. The summed E-state index contributed by atoms with van der Waals surface area (Å²) in [6.45, 7) is 4.00. The van der Waals surface area contributed by atoms with Crippen molar-refractivity contribution in [1.29, 1.82) is 5.26 Å². The number of carbonyl (C=O) groups is 1. The summed E-state index contributed by atoms with van der Waals surface area (Å²) in [6, 6.07) is 8.63. The Balaban J connectivity index is 2.45. The van der Waals surface area contributed by atoms with E-state index in [0.717, 1.165) is 5.69 Å². The van der Waals surface area contributed by atoms with Crippen LogP contribution in [0.5, 0.6) is 0 Å². The van der Waals surface area contributed by atoms with Gasteiger partial charge in [-0.05, 0) is 32.0 Å². The van der Waals surface area contributed by atoms with Crippen molar-refractivity contribution in [3.8, 4) is 6.07 Å². The van der Waals surface area contributed by atoms with Crippen LogP contribution >= 0.6 is 11.8 Å². The molecule has 1 aliphatic rings. The summed E-state index contributed by atoms with van der Waals surface area (Å²) in [7, 11) is 0. The Morgan fingerprint density at radius 2 is 2.33 bits per heavy atom. The van der Waals surface area contributed by atoms with Crippen LogP contribution in [0, 0.1) is 11.3 Å². The molecule has 1 fully saturated rings. The van der Waals surface area contributed by atoms with Crippen LogP contribution in [0.2, 0.25) is 0 Å². The summed E-state index contributed by atoms with van der Waals surface area (Å²) in [4.78, 5) is 12.9. The first-order valence-corrected chi connectivity index (χ1v) is 6.60. The summed E-state index contributed by atoms with van der Waals surface area (Å²) >= 11 is 1.61. The van der Waals surface area contributed by atoms with E-state index in [1.165, 1.54) is 0 Å². The largest absolute Gasteiger partial charge is 0.480 e. The van der Waals surface area contributed by atoms with E-state index in [1.54, 1.807) is 30.0 Å². The average Bonchev–Trinajstić information content (AvgIpc) is 2.65. The van der Waals surface area contributed by atoms with Gasteiger partial charge in [-0.15, -0.1) is 11.8 Å². The quantitative estimate of drug-likeness (QED) is 0.886. The van der Waals surface area contributed by atoms with E-state index in [4.69, 9.17) is 5.26 Å². The van der Waals surface area contributed by atoms with Gasteiger partial charge < -0.3 is 10.0 Å². The van der Waals surface area contributed by atoms with Crippen LogP contribution < -0.4 is 4.90 Å². The smallest absolute Gasteiger partial charge is 0.327 e. The lowest BCUT2D eigenvalue weighted by molar-refractivity contribution is -0.138. The number of aliphatic carboxylic acids is 1. The number of carboxylic acids is 1. The van der Waals surface area contributed by atoms with Crippen molar-refractivity contribution < 1.29 is 9.90 Å². The van der Waals surface area contributed by atoms with E-state index in [1.807, 2.05) is 24.8 Å². The maximum absolute atomic E-state index is 11.3. The average molecular weight is 262 g/mol. The number of benzene rings is 1. The molecule has 1 N–H and O–H groups in total. The standard InChI is InChI=1S/C13H14N2O2S/c1-13(2)15(11(8-18-13)12(16)17)10-5-3-4-9(6-10)7-14/h3-6,11H,8H2,1-2H3,(H,16,17). The zero-order valence-electron chi connectivity index (χ0n) is 10.3. The fraction of sp³-hybridized carbons (Fsp3) is 0.385. The van der Waals surface area contributed by atoms with E-state index in [-0.39, 0.29) is 4.87 Å². The predicted octanol–water partition coefficient (Wildman–Crippen LogP) is 2.30. The molecule has 18 heavy (non-hydrogen) atoms. The number of hydrogen-bond acceptors (Lipinski definition) is 4. The molecule has 0 radical (unpaired) electrons. The summed E-state index contributed by atoms with van der Waals surface area (Å²) < 4.78 is 0. The molecule has 1 heterocycles. The molecule has 2 rings (SSSR count). The molecule has 94 valence electrons. The molecule has 1 unspecified atom stereocenters. The summed E-state index contributed by atoms with van der Waals surface area (Å²) in [5.41, 5.74) is 1.33. The molecule has 0 saturated carbocycles. The van der Waals surface area contributed by atoms with Gasteiger partial charge in [0.25, 0.3) is 0 Å².